The van der Waals surface area contributed by atoms with Gasteiger partial charge in [-0.05, 0) is 32.5 Å². The van der Waals surface area contributed by atoms with Crippen molar-refractivity contribution in [2.75, 3.05) is 33.2 Å². The van der Waals surface area contributed by atoms with Crippen molar-refractivity contribution < 1.29 is 4.79 Å². The van der Waals surface area contributed by atoms with E-state index in [9.17, 15) is 4.79 Å². The molecule has 0 aliphatic carbocycles. The SMILES string of the molecule is CCN1CCCC1CN(C)C(=O)c1csc(CCN)n1.Cl.Cl. The van der Waals surface area contributed by atoms with Crippen molar-refractivity contribution >= 4 is 42.1 Å². The maximum Gasteiger partial charge on any atom is 0.273 e. The molecule has 2 rings (SSSR count). The molecule has 128 valence electrons. The topological polar surface area (TPSA) is 62.5 Å². The van der Waals surface area contributed by atoms with Crippen LogP contribution in [0, 0.1) is 0 Å². The first-order valence-corrected chi connectivity index (χ1v) is 8.17. The van der Waals surface area contributed by atoms with Crippen LogP contribution in [0.2, 0.25) is 0 Å². The van der Waals surface area contributed by atoms with Crippen molar-refractivity contribution in [2.24, 2.45) is 5.73 Å². The fourth-order valence-electron chi connectivity index (χ4n) is 2.76. The average Bonchev–Trinajstić information content (AvgIpc) is 3.07. The number of nitrogens with zero attached hydrogens (tertiary/aromatic N) is 3. The van der Waals surface area contributed by atoms with Crippen LogP contribution in [0.25, 0.3) is 0 Å². The third-order valence-electron chi connectivity index (χ3n) is 3.87. The van der Waals surface area contributed by atoms with Crippen molar-refractivity contribution in [1.29, 1.82) is 0 Å². The van der Waals surface area contributed by atoms with E-state index in [-0.39, 0.29) is 30.7 Å². The molecule has 22 heavy (non-hydrogen) atoms. The number of carbonyl (C=O) groups is 1. The molecule has 0 radical (unpaired) electrons. The molecule has 2 heterocycles. The molecule has 1 aromatic heterocycles. The number of carbonyl (C=O) groups excluding carboxylic acids is 1. The molecule has 5 nitrogen and oxygen atoms in total. The monoisotopic (exact) mass is 368 g/mol. The number of likely N-dealkylation sites (N-methyl/N-ethyl adjacent to an activating group) is 2. The van der Waals surface area contributed by atoms with Crippen molar-refractivity contribution in [3.63, 3.8) is 0 Å². The van der Waals surface area contributed by atoms with Crippen molar-refractivity contribution in [2.45, 2.75) is 32.2 Å². The molecule has 0 spiro atoms. The zero-order valence-electron chi connectivity index (χ0n) is 13.2. The van der Waals surface area contributed by atoms with E-state index in [2.05, 4.69) is 16.8 Å². The van der Waals surface area contributed by atoms with Crippen molar-refractivity contribution in [1.82, 2.24) is 14.8 Å². The van der Waals surface area contributed by atoms with Crippen LogP contribution in [0.4, 0.5) is 0 Å². The summed E-state index contributed by atoms with van der Waals surface area (Å²) in [5.74, 6) is 0.0208. The fourth-order valence-corrected chi connectivity index (χ4v) is 3.55. The van der Waals surface area contributed by atoms with E-state index in [0.29, 0.717) is 18.3 Å². The number of likely N-dealkylation sites (tertiary alicyclic amines) is 1. The number of amides is 1. The van der Waals surface area contributed by atoms with E-state index in [4.69, 9.17) is 5.73 Å². The molecular formula is C14H26Cl2N4OS. The molecule has 1 aromatic rings. The molecule has 0 bridgehead atoms. The van der Waals surface area contributed by atoms with Gasteiger partial charge in [-0.2, -0.15) is 0 Å². The Morgan fingerprint density at radius 2 is 2.27 bits per heavy atom. The van der Waals surface area contributed by atoms with Gasteiger partial charge in [0.05, 0.1) is 5.01 Å². The number of thiazole rings is 1. The minimum atomic E-state index is 0. The summed E-state index contributed by atoms with van der Waals surface area (Å²) in [4.78, 5) is 21.0. The van der Waals surface area contributed by atoms with Gasteiger partial charge in [0.1, 0.15) is 5.69 Å². The lowest BCUT2D eigenvalue weighted by Gasteiger charge is -2.27. The summed E-state index contributed by atoms with van der Waals surface area (Å²) in [6, 6.07) is 0.496. The zero-order valence-corrected chi connectivity index (χ0v) is 15.6. The minimum Gasteiger partial charge on any atom is -0.339 e. The molecule has 0 aromatic carbocycles. The summed E-state index contributed by atoms with van der Waals surface area (Å²) >= 11 is 1.52. The second-order valence-electron chi connectivity index (χ2n) is 5.28. The third-order valence-corrected chi connectivity index (χ3v) is 4.77. The highest BCUT2D eigenvalue weighted by Crippen LogP contribution is 2.18. The van der Waals surface area contributed by atoms with Gasteiger partial charge in [-0.15, -0.1) is 36.2 Å². The normalized spacial score (nSPS) is 17.7. The quantitative estimate of drug-likeness (QED) is 0.834. The Bertz CT molecular complexity index is 458. The molecule has 0 saturated carbocycles. The molecule has 1 unspecified atom stereocenters. The molecular weight excluding hydrogens is 343 g/mol. The van der Waals surface area contributed by atoms with Gasteiger partial charge in [-0.3, -0.25) is 9.69 Å². The number of rotatable bonds is 6. The van der Waals surface area contributed by atoms with Crippen LogP contribution in [0.3, 0.4) is 0 Å². The standard InChI is InChI=1S/C14H24N4OS.2ClH/c1-3-18-8-4-5-11(18)9-17(2)14(19)12-10-20-13(16-12)6-7-15;;/h10-11H,3-9,15H2,1-2H3;2*1H. The first kappa shape index (κ1) is 21.6. The predicted octanol–water partition coefficient (Wildman–Crippen LogP) is 2.04. The molecule has 1 atom stereocenters. The Balaban J connectivity index is 0.00000220. The van der Waals surface area contributed by atoms with Gasteiger partial charge >= 0.3 is 0 Å². The Morgan fingerprint density at radius 1 is 1.55 bits per heavy atom. The Morgan fingerprint density at radius 3 is 2.91 bits per heavy atom. The summed E-state index contributed by atoms with van der Waals surface area (Å²) in [5, 5.41) is 2.79. The number of hydrogen-bond donors (Lipinski definition) is 1. The van der Waals surface area contributed by atoms with Crippen LogP contribution in [0.5, 0.6) is 0 Å². The van der Waals surface area contributed by atoms with Crippen molar-refractivity contribution in [3.8, 4) is 0 Å². The maximum absolute atomic E-state index is 12.4. The second kappa shape index (κ2) is 10.4. The van der Waals surface area contributed by atoms with Crippen LogP contribution in [-0.2, 0) is 6.42 Å². The summed E-state index contributed by atoms with van der Waals surface area (Å²) in [5.41, 5.74) is 6.07. The molecule has 1 amide bonds. The molecule has 8 heteroatoms. The van der Waals surface area contributed by atoms with Crippen LogP contribution < -0.4 is 5.73 Å². The lowest BCUT2D eigenvalue weighted by atomic mass is 10.2. The van der Waals surface area contributed by atoms with Crippen LogP contribution in [-0.4, -0.2) is 60.0 Å². The lowest BCUT2D eigenvalue weighted by molar-refractivity contribution is 0.0749. The van der Waals surface area contributed by atoms with E-state index in [1.54, 1.807) is 4.90 Å². The fraction of sp³-hybridized carbons (Fsp3) is 0.714. The van der Waals surface area contributed by atoms with Crippen LogP contribution >= 0.6 is 36.2 Å². The number of aromatic nitrogens is 1. The summed E-state index contributed by atoms with van der Waals surface area (Å²) in [6.45, 7) is 5.76. The van der Waals surface area contributed by atoms with Gasteiger partial charge in [0, 0.05) is 31.4 Å². The highest BCUT2D eigenvalue weighted by Gasteiger charge is 2.26. The van der Waals surface area contributed by atoms with E-state index < -0.39 is 0 Å². The summed E-state index contributed by atoms with van der Waals surface area (Å²) in [7, 11) is 1.87. The van der Waals surface area contributed by atoms with Crippen LogP contribution in [0.15, 0.2) is 5.38 Å². The number of halogens is 2. The van der Waals surface area contributed by atoms with Gasteiger partial charge in [0.2, 0.25) is 0 Å². The molecule has 1 fully saturated rings. The Labute approximate surface area is 149 Å². The smallest absolute Gasteiger partial charge is 0.273 e. The minimum absolute atomic E-state index is 0. The van der Waals surface area contributed by atoms with E-state index in [1.807, 2.05) is 12.4 Å². The Kier molecular flexibility index (Phi) is 10.2. The molecule has 1 aliphatic rings. The summed E-state index contributed by atoms with van der Waals surface area (Å²) < 4.78 is 0. The number of hydrogen-bond acceptors (Lipinski definition) is 5. The van der Waals surface area contributed by atoms with E-state index in [1.165, 1.54) is 24.2 Å². The first-order valence-electron chi connectivity index (χ1n) is 7.29. The molecule has 1 saturated heterocycles. The highest BCUT2D eigenvalue weighted by molar-refractivity contribution is 7.09. The zero-order chi connectivity index (χ0) is 14.5. The van der Waals surface area contributed by atoms with E-state index >= 15 is 0 Å². The summed E-state index contributed by atoms with van der Waals surface area (Å²) in [6.07, 6.45) is 3.16. The van der Waals surface area contributed by atoms with Gasteiger partial charge in [-0.1, -0.05) is 6.92 Å². The average molecular weight is 369 g/mol. The largest absolute Gasteiger partial charge is 0.339 e. The second-order valence-corrected chi connectivity index (χ2v) is 6.22. The number of nitrogens with two attached hydrogens (primary N) is 1. The van der Waals surface area contributed by atoms with Crippen molar-refractivity contribution in [3.05, 3.63) is 16.1 Å². The molecule has 1 aliphatic heterocycles. The van der Waals surface area contributed by atoms with E-state index in [0.717, 1.165) is 31.1 Å². The maximum atomic E-state index is 12.4. The van der Waals surface area contributed by atoms with Gasteiger partial charge in [0.15, 0.2) is 0 Å². The van der Waals surface area contributed by atoms with Gasteiger partial charge in [-0.25, -0.2) is 4.98 Å². The van der Waals surface area contributed by atoms with Gasteiger partial charge in [0.25, 0.3) is 5.91 Å². The first-order chi connectivity index (χ1) is 9.65. The third kappa shape index (κ3) is 5.35. The lowest BCUT2D eigenvalue weighted by Crippen LogP contribution is -2.41. The van der Waals surface area contributed by atoms with Gasteiger partial charge < -0.3 is 10.6 Å². The molecule has 2 N–H and O–H groups in total. The Hall–Kier alpha value is -0.400. The highest BCUT2D eigenvalue weighted by atomic mass is 35.5. The van der Waals surface area contributed by atoms with Crippen LogP contribution in [0.1, 0.15) is 35.3 Å². The predicted molar refractivity (Wildman–Crippen MR) is 96.6 cm³/mol.